The quantitative estimate of drug-likeness (QED) is 0.322. The lowest BCUT2D eigenvalue weighted by Gasteiger charge is -1.95. The molecule has 0 aliphatic heterocycles. The number of hydrogen-bond acceptors (Lipinski definition) is 2. The van der Waals surface area contributed by atoms with Crippen LogP contribution in [0.4, 0.5) is 5.69 Å². The van der Waals surface area contributed by atoms with Crippen LogP contribution in [0.2, 0.25) is 5.02 Å². The molecule has 0 atom stereocenters. The van der Waals surface area contributed by atoms with Crippen LogP contribution >= 0.6 is 23.2 Å². The van der Waals surface area contributed by atoms with Crippen molar-refractivity contribution >= 4 is 28.9 Å². The van der Waals surface area contributed by atoms with Gasteiger partial charge in [-0.1, -0.05) is 23.4 Å². The lowest BCUT2D eigenvalue weighted by molar-refractivity contribution is -0.384. The van der Waals surface area contributed by atoms with E-state index < -0.39 is 4.92 Å². The third kappa shape index (κ3) is 2.63. The van der Waals surface area contributed by atoms with Crippen LogP contribution in [0.1, 0.15) is 5.56 Å². The van der Waals surface area contributed by atoms with Crippen LogP contribution in [-0.4, -0.2) is 10.8 Å². The second-order valence-electron chi connectivity index (χ2n) is 2.36. The molecule has 0 fully saturated rings. The van der Waals surface area contributed by atoms with Crippen molar-refractivity contribution in [2.24, 2.45) is 0 Å². The first kappa shape index (κ1) is 10.8. The van der Waals surface area contributed by atoms with Crippen molar-refractivity contribution in [3.63, 3.8) is 0 Å². The van der Waals surface area contributed by atoms with Crippen molar-refractivity contribution in [1.82, 2.24) is 0 Å². The minimum Gasteiger partial charge on any atom is -0.258 e. The molecule has 0 spiro atoms. The van der Waals surface area contributed by atoms with Gasteiger partial charge in [0.25, 0.3) is 5.69 Å². The summed E-state index contributed by atoms with van der Waals surface area (Å²) in [4.78, 5) is 9.86. The van der Waals surface area contributed by atoms with E-state index >= 15 is 0 Å². The lowest BCUT2D eigenvalue weighted by atomic mass is 10.2. The van der Waals surface area contributed by atoms with Crippen molar-refractivity contribution in [1.29, 1.82) is 0 Å². The van der Waals surface area contributed by atoms with Gasteiger partial charge >= 0.3 is 0 Å². The number of benzene rings is 1. The van der Waals surface area contributed by atoms with Gasteiger partial charge in [0.1, 0.15) is 0 Å². The summed E-state index contributed by atoms with van der Waals surface area (Å²) in [6.45, 7) is 0. The highest BCUT2D eigenvalue weighted by molar-refractivity contribution is 6.32. The SMILES string of the molecule is O=[N+]([O-])c1ccc(C#CCCl)c(Cl)c1. The number of non-ortho nitro benzene ring substituents is 1. The number of rotatable bonds is 1. The van der Waals surface area contributed by atoms with Gasteiger partial charge in [-0.25, -0.2) is 0 Å². The molecule has 0 N–H and O–H groups in total. The Morgan fingerprint density at radius 1 is 1.50 bits per heavy atom. The van der Waals surface area contributed by atoms with E-state index in [0.29, 0.717) is 5.56 Å². The normalized spacial score (nSPS) is 9.00. The average Bonchev–Trinajstić information content (AvgIpc) is 2.15. The summed E-state index contributed by atoms with van der Waals surface area (Å²) in [5.41, 5.74) is 0.490. The van der Waals surface area contributed by atoms with Gasteiger partial charge in [-0.2, -0.15) is 0 Å². The highest BCUT2D eigenvalue weighted by Gasteiger charge is 2.07. The number of nitrogens with zero attached hydrogens (tertiary/aromatic N) is 1. The fraction of sp³-hybridized carbons (Fsp3) is 0.111. The van der Waals surface area contributed by atoms with E-state index in [4.69, 9.17) is 23.2 Å². The Bertz CT molecular complexity index is 421. The van der Waals surface area contributed by atoms with E-state index in [9.17, 15) is 10.1 Å². The Balaban J connectivity index is 3.07. The Labute approximate surface area is 90.8 Å². The molecule has 0 heterocycles. The van der Waals surface area contributed by atoms with E-state index in [-0.39, 0.29) is 16.6 Å². The molecule has 0 aliphatic carbocycles. The van der Waals surface area contributed by atoms with Gasteiger partial charge in [-0.05, 0) is 6.07 Å². The molecule has 1 aromatic rings. The van der Waals surface area contributed by atoms with Gasteiger partial charge in [0.05, 0.1) is 15.8 Å². The van der Waals surface area contributed by atoms with Gasteiger partial charge < -0.3 is 0 Å². The van der Waals surface area contributed by atoms with E-state index in [0.717, 1.165) is 0 Å². The van der Waals surface area contributed by atoms with Gasteiger partial charge in [-0.15, -0.1) is 11.6 Å². The molecule has 0 amide bonds. The molecular weight excluding hydrogens is 225 g/mol. The molecule has 0 radical (unpaired) electrons. The largest absolute Gasteiger partial charge is 0.271 e. The summed E-state index contributed by atoms with van der Waals surface area (Å²) < 4.78 is 0. The van der Waals surface area contributed by atoms with Gasteiger partial charge in [-0.3, -0.25) is 10.1 Å². The standard InChI is InChI=1S/C9H5Cl2NO2/c10-5-1-2-7-3-4-8(12(13)14)6-9(7)11/h3-4,6H,5H2. The minimum atomic E-state index is -0.509. The number of nitro groups is 1. The summed E-state index contributed by atoms with van der Waals surface area (Å²) in [6.07, 6.45) is 0. The summed E-state index contributed by atoms with van der Waals surface area (Å²) in [7, 11) is 0. The van der Waals surface area contributed by atoms with Crippen LogP contribution < -0.4 is 0 Å². The third-order valence-corrected chi connectivity index (χ3v) is 1.90. The molecule has 5 heteroatoms. The zero-order chi connectivity index (χ0) is 10.6. The third-order valence-electron chi connectivity index (χ3n) is 1.45. The predicted octanol–water partition coefficient (Wildman–Crippen LogP) is 2.84. The topological polar surface area (TPSA) is 43.1 Å². The summed E-state index contributed by atoms with van der Waals surface area (Å²) in [6, 6.07) is 4.12. The minimum absolute atomic E-state index is 0.0496. The molecule has 0 unspecified atom stereocenters. The zero-order valence-electron chi connectivity index (χ0n) is 6.96. The predicted molar refractivity (Wildman–Crippen MR) is 55.7 cm³/mol. The Morgan fingerprint density at radius 3 is 2.71 bits per heavy atom. The highest BCUT2D eigenvalue weighted by Crippen LogP contribution is 2.21. The van der Waals surface area contributed by atoms with E-state index in [1.807, 2.05) is 0 Å². The van der Waals surface area contributed by atoms with Crippen molar-refractivity contribution in [3.05, 3.63) is 38.9 Å². The van der Waals surface area contributed by atoms with Gasteiger partial charge in [0.2, 0.25) is 0 Å². The highest BCUT2D eigenvalue weighted by atomic mass is 35.5. The zero-order valence-corrected chi connectivity index (χ0v) is 8.47. The molecule has 0 aliphatic rings. The smallest absolute Gasteiger partial charge is 0.258 e. The van der Waals surface area contributed by atoms with Crippen LogP contribution in [0.3, 0.4) is 0 Å². The maximum Gasteiger partial charge on any atom is 0.271 e. The molecular formula is C9H5Cl2NO2. The van der Waals surface area contributed by atoms with E-state index in [2.05, 4.69) is 11.8 Å². The summed E-state index contributed by atoms with van der Waals surface area (Å²) in [5.74, 6) is 5.51. The van der Waals surface area contributed by atoms with Crippen LogP contribution in [0.25, 0.3) is 0 Å². The van der Waals surface area contributed by atoms with Crippen molar-refractivity contribution in [2.75, 3.05) is 5.88 Å². The molecule has 72 valence electrons. The molecule has 3 nitrogen and oxygen atoms in total. The van der Waals surface area contributed by atoms with Crippen LogP contribution in [0.15, 0.2) is 18.2 Å². The summed E-state index contributed by atoms with van der Waals surface area (Å²) >= 11 is 11.1. The molecule has 0 aromatic heterocycles. The second kappa shape index (κ2) is 4.85. The van der Waals surface area contributed by atoms with Crippen LogP contribution in [0.5, 0.6) is 0 Å². The fourth-order valence-electron chi connectivity index (χ4n) is 0.848. The number of halogens is 2. The molecule has 0 bridgehead atoms. The molecule has 14 heavy (non-hydrogen) atoms. The first-order chi connectivity index (χ1) is 6.65. The number of hydrogen-bond donors (Lipinski definition) is 0. The fourth-order valence-corrected chi connectivity index (χ4v) is 1.14. The first-order valence-corrected chi connectivity index (χ1v) is 4.55. The Hall–Kier alpha value is -1.24. The lowest BCUT2D eigenvalue weighted by Crippen LogP contribution is -1.88. The second-order valence-corrected chi connectivity index (χ2v) is 3.03. The van der Waals surface area contributed by atoms with Gasteiger partial charge in [0.15, 0.2) is 0 Å². The van der Waals surface area contributed by atoms with E-state index in [1.54, 1.807) is 0 Å². The molecule has 0 saturated carbocycles. The summed E-state index contributed by atoms with van der Waals surface area (Å²) in [5, 5.41) is 10.6. The van der Waals surface area contributed by atoms with Crippen molar-refractivity contribution in [3.8, 4) is 11.8 Å². The molecule has 0 saturated heterocycles. The molecule has 1 aromatic carbocycles. The van der Waals surface area contributed by atoms with E-state index in [1.165, 1.54) is 18.2 Å². The molecule has 1 rings (SSSR count). The maximum absolute atomic E-state index is 10.4. The van der Waals surface area contributed by atoms with Crippen molar-refractivity contribution in [2.45, 2.75) is 0 Å². The van der Waals surface area contributed by atoms with Crippen LogP contribution in [-0.2, 0) is 0 Å². The number of nitro benzene ring substituents is 1. The number of alkyl halides is 1. The van der Waals surface area contributed by atoms with Gasteiger partial charge in [0, 0.05) is 17.7 Å². The average molecular weight is 230 g/mol. The monoisotopic (exact) mass is 229 g/mol. The maximum atomic E-state index is 10.4. The first-order valence-electron chi connectivity index (χ1n) is 3.64. The Kier molecular flexibility index (Phi) is 3.75. The Morgan fingerprint density at radius 2 is 2.21 bits per heavy atom. The van der Waals surface area contributed by atoms with Crippen LogP contribution in [0, 0.1) is 22.0 Å². The van der Waals surface area contributed by atoms with Crippen molar-refractivity contribution < 1.29 is 4.92 Å².